The Balaban J connectivity index is 1.48. The summed E-state index contributed by atoms with van der Waals surface area (Å²) in [6.45, 7) is 2.59. The van der Waals surface area contributed by atoms with E-state index in [4.69, 9.17) is 0 Å². The van der Waals surface area contributed by atoms with Crippen LogP contribution in [0, 0.1) is 0 Å². The SMILES string of the molecule is CC(Cn1ccnc1)NC(=O)c1cccc(NC(=O)CCCc2cccs2)c1. The molecular formula is C21H24N4O2S. The van der Waals surface area contributed by atoms with Crippen LogP contribution < -0.4 is 10.6 Å². The second kappa shape index (κ2) is 9.85. The number of thiophene rings is 1. The van der Waals surface area contributed by atoms with Crippen LogP contribution >= 0.6 is 11.3 Å². The molecule has 1 unspecified atom stereocenters. The van der Waals surface area contributed by atoms with E-state index in [1.165, 1.54) is 4.88 Å². The van der Waals surface area contributed by atoms with Gasteiger partial charge in [-0.3, -0.25) is 9.59 Å². The number of aryl methyl sites for hydroxylation is 1. The minimum atomic E-state index is -0.165. The molecule has 146 valence electrons. The molecular weight excluding hydrogens is 372 g/mol. The first kappa shape index (κ1) is 19.8. The number of amides is 2. The molecule has 0 aliphatic heterocycles. The predicted molar refractivity (Wildman–Crippen MR) is 111 cm³/mol. The molecule has 1 atom stereocenters. The molecule has 2 heterocycles. The Hall–Kier alpha value is -2.93. The van der Waals surface area contributed by atoms with Crippen molar-refractivity contribution < 1.29 is 9.59 Å². The van der Waals surface area contributed by atoms with E-state index >= 15 is 0 Å². The van der Waals surface area contributed by atoms with Crippen molar-refractivity contribution in [2.75, 3.05) is 5.32 Å². The standard InChI is InChI=1S/C21H24N4O2S/c1-16(14-25-11-10-22-15-25)23-21(27)17-5-2-6-18(13-17)24-20(26)9-3-7-19-8-4-12-28-19/h2,4-6,8,10-13,15-16H,3,7,9,14H2,1H3,(H,23,27)(H,24,26). The van der Waals surface area contributed by atoms with Gasteiger partial charge in [-0.2, -0.15) is 0 Å². The summed E-state index contributed by atoms with van der Waals surface area (Å²) in [4.78, 5) is 29.9. The van der Waals surface area contributed by atoms with Crippen molar-refractivity contribution in [2.24, 2.45) is 0 Å². The summed E-state index contributed by atoms with van der Waals surface area (Å²) in [6, 6.07) is 11.1. The maximum Gasteiger partial charge on any atom is 0.251 e. The van der Waals surface area contributed by atoms with Crippen LogP contribution in [0.15, 0.2) is 60.5 Å². The number of nitrogens with zero attached hydrogens (tertiary/aromatic N) is 2. The molecule has 3 rings (SSSR count). The number of benzene rings is 1. The van der Waals surface area contributed by atoms with Gasteiger partial charge in [0.2, 0.25) is 5.91 Å². The Morgan fingerprint density at radius 2 is 2.14 bits per heavy atom. The van der Waals surface area contributed by atoms with Crippen molar-refractivity contribution in [3.8, 4) is 0 Å². The van der Waals surface area contributed by atoms with Crippen molar-refractivity contribution in [3.63, 3.8) is 0 Å². The number of imidazole rings is 1. The molecule has 7 heteroatoms. The number of hydrogen-bond acceptors (Lipinski definition) is 4. The molecule has 6 nitrogen and oxygen atoms in total. The summed E-state index contributed by atoms with van der Waals surface area (Å²) >= 11 is 1.71. The summed E-state index contributed by atoms with van der Waals surface area (Å²) < 4.78 is 1.91. The average molecular weight is 397 g/mol. The summed E-state index contributed by atoms with van der Waals surface area (Å²) in [5.41, 5.74) is 1.16. The first-order valence-electron chi connectivity index (χ1n) is 9.29. The number of rotatable bonds is 9. The van der Waals surface area contributed by atoms with Gasteiger partial charge in [0.05, 0.1) is 6.33 Å². The van der Waals surface area contributed by atoms with Crippen molar-refractivity contribution in [2.45, 2.75) is 38.8 Å². The van der Waals surface area contributed by atoms with E-state index < -0.39 is 0 Å². The lowest BCUT2D eigenvalue weighted by atomic mass is 10.1. The van der Waals surface area contributed by atoms with Crippen LogP contribution in [0.5, 0.6) is 0 Å². The van der Waals surface area contributed by atoms with Gasteiger partial charge < -0.3 is 15.2 Å². The second-order valence-electron chi connectivity index (χ2n) is 6.70. The van der Waals surface area contributed by atoms with Crippen LogP contribution in [0.1, 0.15) is 35.0 Å². The summed E-state index contributed by atoms with van der Waals surface area (Å²) in [5.74, 6) is -0.205. The van der Waals surface area contributed by atoms with Gasteiger partial charge in [0.15, 0.2) is 0 Å². The number of aromatic nitrogens is 2. The highest BCUT2D eigenvalue weighted by molar-refractivity contribution is 7.09. The highest BCUT2D eigenvalue weighted by atomic mass is 32.1. The minimum Gasteiger partial charge on any atom is -0.348 e. The molecule has 2 aromatic heterocycles. The first-order valence-corrected chi connectivity index (χ1v) is 10.2. The van der Waals surface area contributed by atoms with Gasteiger partial charge in [-0.25, -0.2) is 4.98 Å². The quantitative estimate of drug-likeness (QED) is 0.579. The molecule has 0 radical (unpaired) electrons. The van der Waals surface area contributed by atoms with Crippen LogP contribution in [-0.4, -0.2) is 27.4 Å². The molecule has 0 saturated heterocycles. The highest BCUT2D eigenvalue weighted by Crippen LogP contribution is 2.14. The van der Waals surface area contributed by atoms with E-state index in [2.05, 4.69) is 21.7 Å². The fourth-order valence-corrected chi connectivity index (χ4v) is 3.65. The Morgan fingerprint density at radius 3 is 2.89 bits per heavy atom. The van der Waals surface area contributed by atoms with Gasteiger partial charge in [-0.1, -0.05) is 12.1 Å². The third kappa shape index (κ3) is 6.06. The molecule has 3 aromatic rings. The monoisotopic (exact) mass is 396 g/mol. The maximum absolute atomic E-state index is 12.5. The second-order valence-corrected chi connectivity index (χ2v) is 7.73. The third-order valence-corrected chi connectivity index (χ3v) is 5.17. The Labute approximate surface area is 168 Å². The summed E-state index contributed by atoms with van der Waals surface area (Å²) in [5, 5.41) is 7.89. The number of nitrogens with one attached hydrogen (secondary N) is 2. The zero-order chi connectivity index (χ0) is 19.8. The molecule has 0 fully saturated rings. The van der Waals surface area contributed by atoms with E-state index in [0.29, 0.717) is 24.2 Å². The van der Waals surface area contributed by atoms with Crippen molar-refractivity contribution in [1.82, 2.24) is 14.9 Å². The molecule has 1 aromatic carbocycles. The molecule has 0 spiro atoms. The Bertz CT molecular complexity index is 891. The van der Waals surface area contributed by atoms with Crippen molar-refractivity contribution >= 4 is 28.8 Å². The summed E-state index contributed by atoms with van der Waals surface area (Å²) in [7, 11) is 0. The van der Waals surface area contributed by atoms with Crippen LogP contribution in [0.2, 0.25) is 0 Å². The van der Waals surface area contributed by atoms with Crippen LogP contribution in [0.4, 0.5) is 5.69 Å². The lowest BCUT2D eigenvalue weighted by molar-refractivity contribution is -0.116. The average Bonchev–Trinajstić information content (AvgIpc) is 3.36. The number of hydrogen-bond donors (Lipinski definition) is 2. The van der Waals surface area contributed by atoms with Gasteiger partial charge in [-0.05, 0) is 49.4 Å². The van der Waals surface area contributed by atoms with Crippen LogP contribution in [-0.2, 0) is 17.8 Å². The lowest BCUT2D eigenvalue weighted by Crippen LogP contribution is -2.35. The molecule has 0 saturated carbocycles. The van der Waals surface area contributed by atoms with Gasteiger partial charge in [-0.15, -0.1) is 11.3 Å². The fourth-order valence-electron chi connectivity index (χ4n) is 2.90. The van der Waals surface area contributed by atoms with Crippen molar-refractivity contribution in [1.29, 1.82) is 0 Å². The largest absolute Gasteiger partial charge is 0.348 e. The van der Waals surface area contributed by atoms with E-state index in [0.717, 1.165) is 12.8 Å². The van der Waals surface area contributed by atoms with E-state index in [9.17, 15) is 9.59 Å². The maximum atomic E-state index is 12.5. The zero-order valence-corrected chi connectivity index (χ0v) is 16.6. The predicted octanol–water partition coefficient (Wildman–Crippen LogP) is 3.72. The molecule has 0 aliphatic rings. The summed E-state index contributed by atoms with van der Waals surface area (Å²) in [6.07, 6.45) is 7.45. The molecule has 2 amide bonds. The molecule has 0 bridgehead atoms. The molecule has 2 N–H and O–H groups in total. The lowest BCUT2D eigenvalue weighted by Gasteiger charge is -2.15. The first-order chi connectivity index (χ1) is 13.6. The normalized spacial score (nSPS) is 11.8. The van der Waals surface area contributed by atoms with Crippen molar-refractivity contribution in [3.05, 3.63) is 70.9 Å². The van der Waals surface area contributed by atoms with Crippen LogP contribution in [0.25, 0.3) is 0 Å². The Kier molecular flexibility index (Phi) is 6.97. The zero-order valence-electron chi connectivity index (χ0n) is 15.8. The molecule has 28 heavy (non-hydrogen) atoms. The smallest absolute Gasteiger partial charge is 0.251 e. The topological polar surface area (TPSA) is 76.0 Å². The molecule has 0 aliphatic carbocycles. The Morgan fingerprint density at radius 1 is 1.25 bits per heavy atom. The van der Waals surface area contributed by atoms with Gasteiger partial charge >= 0.3 is 0 Å². The number of anilines is 1. The fraction of sp³-hybridized carbons (Fsp3) is 0.286. The number of carbonyl (C=O) groups is 2. The van der Waals surface area contributed by atoms with Gasteiger partial charge in [0.25, 0.3) is 5.91 Å². The van der Waals surface area contributed by atoms with E-state index in [1.54, 1.807) is 48.1 Å². The number of carbonyl (C=O) groups excluding carboxylic acids is 2. The van der Waals surface area contributed by atoms with Gasteiger partial charge in [0, 0.05) is 47.5 Å². The highest BCUT2D eigenvalue weighted by Gasteiger charge is 2.11. The van der Waals surface area contributed by atoms with E-state index in [-0.39, 0.29) is 17.9 Å². The van der Waals surface area contributed by atoms with E-state index in [1.807, 2.05) is 29.1 Å². The van der Waals surface area contributed by atoms with Crippen LogP contribution in [0.3, 0.4) is 0 Å². The third-order valence-electron chi connectivity index (χ3n) is 4.24. The minimum absolute atomic E-state index is 0.0393. The van der Waals surface area contributed by atoms with Gasteiger partial charge in [0.1, 0.15) is 0 Å².